The van der Waals surface area contributed by atoms with Gasteiger partial charge in [0.15, 0.2) is 0 Å². The van der Waals surface area contributed by atoms with E-state index in [1.165, 1.54) is 12.4 Å². The molecule has 0 aliphatic rings. The van der Waals surface area contributed by atoms with Gasteiger partial charge in [-0.15, -0.1) is 0 Å². The maximum absolute atomic E-state index is 13.8. The van der Waals surface area contributed by atoms with Crippen molar-refractivity contribution in [1.29, 1.82) is 0 Å². The van der Waals surface area contributed by atoms with E-state index >= 15 is 0 Å². The van der Waals surface area contributed by atoms with Gasteiger partial charge in [-0.2, -0.15) is 5.10 Å². The summed E-state index contributed by atoms with van der Waals surface area (Å²) in [6.45, 7) is 5.02. The van der Waals surface area contributed by atoms with E-state index < -0.39 is 5.82 Å². The van der Waals surface area contributed by atoms with Gasteiger partial charge in [-0.3, -0.25) is 0 Å². The Bertz CT molecular complexity index is 553. The second kappa shape index (κ2) is 6.12. The number of aromatic nitrogens is 3. The first kappa shape index (κ1) is 14.0. The minimum Gasteiger partial charge on any atom is -0.308 e. The molecule has 0 aliphatic heterocycles. The third-order valence-electron chi connectivity index (χ3n) is 2.72. The highest BCUT2D eigenvalue weighted by molar-refractivity contribution is 6.30. The summed E-state index contributed by atoms with van der Waals surface area (Å²) in [4.78, 5) is 4.17. The first-order chi connectivity index (χ1) is 9.08. The van der Waals surface area contributed by atoms with Crippen molar-refractivity contribution in [2.45, 2.75) is 33.0 Å². The van der Waals surface area contributed by atoms with Crippen LogP contribution in [0.2, 0.25) is 5.02 Å². The molecule has 4 nitrogen and oxygen atoms in total. The van der Waals surface area contributed by atoms with Crippen LogP contribution < -0.4 is 5.32 Å². The standard InChI is InChI=1S/C13H16ClFN4/c1-9(2)16-6-12-17-8-18-19(12)7-10-4-3-5-11(14)13(10)15/h3-5,8-9,16H,6-7H2,1-2H3. The van der Waals surface area contributed by atoms with Crippen molar-refractivity contribution >= 4 is 11.6 Å². The van der Waals surface area contributed by atoms with Crippen LogP contribution in [0.4, 0.5) is 4.39 Å². The third kappa shape index (κ3) is 3.52. The van der Waals surface area contributed by atoms with Crippen LogP contribution in [0.1, 0.15) is 25.2 Å². The Morgan fingerprint density at radius 2 is 2.21 bits per heavy atom. The maximum Gasteiger partial charge on any atom is 0.146 e. The van der Waals surface area contributed by atoms with Gasteiger partial charge in [-0.05, 0) is 6.07 Å². The number of nitrogens with zero attached hydrogens (tertiary/aromatic N) is 3. The Balaban J connectivity index is 2.15. The summed E-state index contributed by atoms with van der Waals surface area (Å²) in [5.41, 5.74) is 0.504. The van der Waals surface area contributed by atoms with Crippen LogP contribution in [0, 0.1) is 5.82 Å². The van der Waals surface area contributed by atoms with Crippen molar-refractivity contribution < 1.29 is 4.39 Å². The maximum atomic E-state index is 13.8. The largest absolute Gasteiger partial charge is 0.308 e. The Labute approximate surface area is 116 Å². The van der Waals surface area contributed by atoms with Crippen LogP contribution in [0.15, 0.2) is 24.5 Å². The molecule has 0 spiro atoms. The second-order valence-electron chi connectivity index (χ2n) is 4.58. The number of halogens is 2. The SMILES string of the molecule is CC(C)NCc1ncnn1Cc1cccc(Cl)c1F. The minimum absolute atomic E-state index is 0.125. The summed E-state index contributed by atoms with van der Waals surface area (Å²) < 4.78 is 15.5. The fourth-order valence-corrected chi connectivity index (χ4v) is 1.88. The lowest BCUT2D eigenvalue weighted by Crippen LogP contribution is -2.24. The van der Waals surface area contributed by atoms with Gasteiger partial charge in [-0.25, -0.2) is 14.1 Å². The molecule has 6 heteroatoms. The fourth-order valence-electron chi connectivity index (χ4n) is 1.68. The molecule has 0 fully saturated rings. The second-order valence-corrected chi connectivity index (χ2v) is 4.99. The van der Waals surface area contributed by atoms with Gasteiger partial charge in [0.05, 0.1) is 18.1 Å². The number of hydrogen-bond acceptors (Lipinski definition) is 3. The zero-order valence-electron chi connectivity index (χ0n) is 10.9. The molecule has 1 heterocycles. The first-order valence-electron chi connectivity index (χ1n) is 6.11. The molecule has 19 heavy (non-hydrogen) atoms. The van der Waals surface area contributed by atoms with Crippen LogP contribution in [-0.4, -0.2) is 20.8 Å². The summed E-state index contributed by atoms with van der Waals surface area (Å²) in [5.74, 6) is 0.371. The molecular formula is C13H16ClFN4. The molecule has 0 saturated carbocycles. The summed E-state index contributed by atoms with van der Waals surface area (Å²) in [6, 6.07) is 5.31. The molecule has 0 atom stereocenters. The van der Waals surface area contributed by atoms with Gasteiger partial charge < -0.3 is 5.32 Å². The summed E-state index contributed by atoms with van der Waals surface area (Å²) in [5, 5.41) is 7.50. The Kier molecular flexibility index (Phi) is 4.50. The van der Waals surface area contributed by atoms with Crippen LogP contribution in [0.25, 0.3) is 0 Å². The van der Waals surface area contributed by atoms with Gasteiger partial charge in [0.2, 0.25) is 0 Å². The predicted octanol–water partition coefficient (Wildman–Crippen LogP) is 2.62. The average molecular weight is 283 g/mol. The lowest BCUT2D eigenvalue weighted by atomic mass is 10.2. The molecule has 0 amide bonds. The topological polar surface area (TPSA) is 42.7 Å². The highest BCUT2D eigenvalue weighted by Crippen LogP contribution is 2.18. The molecule has 1 aromatic heterocycles. The number of rotatable bonds is 5. The Morgan fingerprint density at radius 1 is 1.42 bits per heavy atom. The lowest BCUT2D eigenvalue weighted by molar-refractivity contribution is 0.529. The van der Waals surface area contributed by atoms with Crippen LogP contribution in [0.5, 0.6) is 0 Å². The molecule has 1 N–H and O–H groups in total. The smallest absolute Gasteiger partial charge is 0.146 e. The van der Waals surface area contributed by atoms with Gasteiger partial charge in [0, 0.05) is 11.6 Å². The fraction of sp³-hybridized carbons (Fsp3) is 0.385. The van der Waals surface area contributed by atoms with E-state index in [0.717, 1.165) is 5.82 Å². The summed E-state index contributed by atoms with van der Waals surface area (Å²) >= 11 is 5.76. The van der Waals surface area contributed by atoms with Crippen molar-refractivity contribution in [3.63, 3.8) is 0 Å². The van der Waals surface area contributed by atoms with Crippen LogP contribution >= 0.6 is 11.6 Å². The molecular weight excluding hydrogens is 267 g/mol. The molecule has 2 aromatic rings. The van der Waals surface area contributed by atoms with Crippen molar-refractivity contribution in [1.82, 2.24) is 20.1 Å². The molecule has 2 rings (SSSR count). The quantitative estimate of drug-likeness (QED) is 0.917. The Hall–Kier alpha value is -1.46. The van der Waals surface area contributed by atoms with E-state index in [9.17, 15) is 4.39 Å². The van der Waals surface area contributed by atoms with E-state index in [1.54, 1.807) is 16.8 Å². The normalized spacial score (nSPS) is 11.2. The predicted molar refractivity (Wildman–Crippen MR) is 72.5 cm³/mol. The first-order valence-corrected chi connectivity index (χ1v) is 6.48. The minimum atomic E-state index is -0.401. The molecule has 102 valence electrons. The molecule has 0 radical (unpaired) electrons. The lowest BCUT2D eigenvalue weighted by Gasteiger charge is -2.10. The van der Waals surface area contributed by atoms with Crippen LogP contribution in [-0.2, 0) is 13.1 Å². The van der Waals surface area contributed by atoms with Crippen molar-refractivity contribution in [2.75, 3.05) is 0 Å². The molecule has 0 unspecified atom stereocenters. The molecule has 0 saturated heterocycles. The van der Waals surface area contributed by atoms with E-state index in [2.05, 4.69) is 29.2 Å². The monoisotopic (exact) mass is 282 g/mol. The number of hydrogen-bond donors (Lipinski definition) is 1. The highest BCUT2D eigenvalue weighted by atomic mass is 35.5. The average Bonchev–Trinajstić information content (AvgIpc) is 2.80. The van der Waals surface area contributed by atoms with Gasteiger partial charge in [0.1, 0.15) is 18.0 Å². The van der Waals surface area contributed by atoms with Gasteiger partial charge >= 0.3 is 0 Å². The third-order valence-corrected chi connectivity index (χ3v) is 3.01. The number of nitrogens with one attached hydrogen (secondary N) is 1. The zero-order valence-corrected chi connectivity index (χ0v) is 11.7. The van der Waals surface area contributed by atoms with Crippen molar-refractivity contribution in [2.24, 2.45) is 0 Å². The zero-order chi connectivity index (χ0) is 13.8. The van der Waals surface area contributed by atoms with Gasteiger partial charge in [0.25, 0.3) is 0 Å². The Morgan fingerprint density at radius 3 is 2.95 bits per heavy atom. The van der Waals surface area contributed by atoms with E-state index in [0.29, 0.717) is 24.7 Å². The van der Waals surface area contributed by atoms with E-state index in [-0.39, 0.29) is 5.02 Å². The van der Waals surface area contributed by atoms with E-state index in [4.69, 9.17) is 11.6 Å². The molecule has 0 bridgehead atoms. The highest BCUT2D eigenvalue weighted by Gasteiger charge is 2.10. The van der Waals surface area contributed by atoms with Gasteiger partial charge in [-0.1, -0.05) is 37.6 Å². The molecule has 1 aromatic carbocycles. The molecule has 0 aliphatic carbocycles. The van der Waals surface area contributed by atoms with Crippen LogP contribution in [0.3, 0.4) is 0 Å². The number of benzene rings is 1. The van der Waals surface area contributed by atoms with Crippen molar-refractivity contribution in [3.05, 3.63) is 46.8 Å². The summed E-state index contributed by atoms with van der Waals surface area (Å²) in [7, 11) is 0. The van der Waals surface area contributed by atoms with Crippen molar-refractivity contribution in [3.8, 4) is 0 Å². The van der Waals surface area contributed by atoms with E-state index in [1.807, 2.05) is 0 Å². The summed E-state index contributed by atoms with van der Waals surface area (Å²) in [6.07, 6.45) is 1.47.